The van der Waals surface area contributed by atoms with Crippen molar-refractivity contribution in [2.45, 2.75) is 36.4 Å². The van der Waals surface area contributed by atoms with Gasteiger partial charge in [-0.2, -0.15) is 0 Å². The van der Waals surface area contributed by atoms with Crippen LogP contribution in [0, 0.1) is 0 Å². The maximum absolute atomic E-state index is 10.5. The molecule has 0 unspecified atom stereocenters. The Balaban J connectivity index is 1.73. The lowest BCUT2D eigenvalue weighted by Crippen LogP contribution is -2.52. The van der Waals surface area contributed by atoms with E-state index in [-0.39, 0.29) is 30.5 Å². The van der Waals surface area contributed by atoms with Crippen LogP contribution < -0.4 is 9.47 Å². The number of fused-ring (bicyclic) bond motifs is 2. The zero-order valence-corrected chi connectivity index (χ0v) is 13.8. The Morgan fingerprint density at radius 2 is 2.08 bits per heavy atom. The van der Waals surface area contributed by atoms with Crippen molar-refractivity contribution in [2.75, 3.05) is 27.5 Å². The highest BCUT2D eigenvalue weighted by atomic mass is 16.7. The lowest BCUT2D eigenvalue weighted by Gasteiger charge is -2.46. The van der Waals surface area contributed by atoms with Crippen LogP contribution in [0.25, 0.3) is 0 Å². The number of ether oxygens (including phenoxy) is 4. The van der Waals surface area contributed by atoms with Gasteiger partial charge in [0.05, 0.1) is 17.6 Å². The molecule has 1 aromatic carbocycles. The molecule has 1 fully saturated rings. The van der Waals surface area contributed by atoms with Crippen molar-refractivity contribution in [3.8, 4) is 11.5 Å². The van der Waals surface area contributed by atoms with Gasteiger partial charge in [0.2, 0.25) is 6.79 Å². The molecule has 6 heteroatoms. The van der Waals surface area contributed by atoms with Crippen LogP contribution in [0.5, 0.6) is 11.5 Å². The number of likely N-dealkylation sites (tertiary alicyclic amines) is 1. The summed E-state index contributed by atoms with van der Waals surface area (Å²) in [6.45, 7) is 0.993. The first-order chi connectivity index (χ1) is 11.6. The van der Waals surface area contributed by atoms with E-state index in [9.17, 15) is 5.11 Å². The summed E-state index contributed by atoms with van der Waals surface area (Å²) in [5, 5.41) is 10.5. The fourth-order valence-corrected chi connectivity index (χ4v) is 4.82. The summed E-state index contributed by atoms with van der Waals surface area (Å²) in [5.74, 6) is 1.41. The molecule has 4 aliphatic rings. The van der Waals surface area contributed by atoms with E-state index in [2.05, 4.69) is 24.1 Å². The first-order valence-electron chi connectivity index (χ1n) is 8.33. The van der Waals surface area contributed by atoms with Gasteiger partial charge in [-0.1, -0.05) is 12.2 Å². The molecule has 24 heavy (non-hydrogen) atoms. The van der Waals surface area contributed by atoms with Crippen LogP contribution in [0.4, 0.5) is 0 Å². The molecule has 0 aromatic heterocycles. The van der Waals surface area contributed by atoms with Crippen LogP contribution >= 0.6 is 0 Å². The molecule has 1 aliphatic carbocycles. The third kappa shape index (κ3) is 1.74. The van der Waals surface area contributed by atoms with Gasteiger partial charge in [0.15, 0.2) is 17.8 Å². The molecule has 3 heterocycles. The summed E-state index contributed by atoms with van der Waals surface area (Å²) in [6, 6.07) is 4.14. The van der Waals surface area contributed by atoms with Gasteiger partial charge >= 0.3 is 0 Å². The molecule has 3 aliphatic heterocycles. The van der Waals surface area contributed by atoms with Crippen molar-refractivity contribution in [3.05, 3.63) is 35.4 Å². The molecule has 1 spiro atoms. The Labute approximate surface area is 140 Å². The van der Waals surface area contributed by atoms with E-state index < -0.39 is 6.29 Å². The van der Waals surface area contributed by atoms with Crippen molar-refractivity contribution >= 4 is 0 Å². The Hall–Kier alpha value is -1.60. The Kier molecular flexibility index (Phi) is 3.04. The largest absolute Gasteiger partial charge is 0.454 e. The van der Waals surface area contributed by atoms with Gasteiger partial charge in [0.25, 0.3) is 0 Å². The first kappa shape index (κ1) is 14.7. The minimum atomic E-state index is -0.939. The van der Waals surface area contributed by atoms with Crippen LogP contribution in [0.15, 0.2) is 24.3 Å². The van der Waals surface area contributed by atoms with E-state index >= 15 is 0 Å². The zero-order chi connectivity index (χ0) is 16.5. The highest BCUT2D eigenvalue weighted by Gasteiger charge is 2.59. The average Bonchev–Trinajstić information content (AvgIpc) is 3.16. The smallest absolute Gasteiger partial charge is 0.231 e. The minimum absolute atomic E-state index is 0.0931. The highest BCUT2D eigenvalue weighted by molar-refractivity contribution is 5.56. The van der Waals surface area contributed by atoms with Gasteiger partial charge in [0, 0.05) is 25.3 Å². The molecular weight excluding hydrogens is 310 g/mol. The monoisotopic (exact) mass is 331 g/mol. The van der Waals surface area contributed by atoms with Gasteiger partial charge in [0.1, 0.15) is 0 Å². The summed E-state index contributed by atoms with van der Waals surface area (Å²) < 4.78 is 22.6. The Morgan fingerprint density at radius 3 is 2.88 bits per heavy atom. The van der Waals surface area contributed by atoms with Crippen molar-refractivity contribution in [1.82, 2.24) is 4.90 Å². The Morgan fingerprint density at radius 1 is 1.29 bits per heavy atom. The summed E-state index contributed by atoms with van der Waals surface area (Å²) in [7, 11) is 3.85. The fraction of sp³-hybridized carbons (Fsp3) is 0.556. The van der Waals surface area contributed by atoms with E-state index in [4.69, 9.17) is 18.9 Å². The van der Waals surface area contributed by atoms with Gasteiger partial charge in [-0.25, -0.2) is 0 Å². The van der Waals surface area contributed by atoms with Gasteiger partial charge < -0.3 is 24.1 Å². The van der Waals surface area contributed by atoms with Gasteiger partial charge in [-0.3, -0.25) is 4.90 Å². The van der Waals surface area contributed by atoms with Crippen molar-refractivity contribution < 1.29 is 24.1 Å². The second kappa shape index (κ2) is 4.95. The molecule has 128 valence electrons. The predicted octanol–water partition coefficient (Wildman–Crippen LogP) is 1.33. The number of aliphatic hydroxyl groups excluding tert-OH is 1. The number of rotatable bonds is 1. The second-order valence-electron chi connectivity index (χ2n) is 7.03. The third-order valence-electron chi connectivity index (χ3n) is 5.99. The van der Waals surface area contributed by atoms with E-state index in [1.54, 1.807) is 7.11 Å². The SMILES string of the molecule is CO[C@@H]1C=C[C@@]23c4cc5c(cc4[C@H](O)O[C@@H]2CN(C)[C@H]3C1)OCO5. The maximum atomic E-state index is 10.5. The zero-order valence-electron chi connectivity index (χ0n) is 13.8. The number of benzene rings is 1. The normalized spacial score (nSPS) is 39.5. The van der Waals surface area contributed by atoms with Crippen molar-refractivity contribution in [3.63, 3.8) is 0 Å². The fourth-order valence-electron chi connectivity index (χ4n) is 4.82. The molecule has 5 rings (SSSR count). The Bertz CT molecular complexity index is 720. The van der Waals surface area contributed by atoms with Crippen LogP contribution in [0.3, 0.4) is 0 Å². The molecule has 0 amide bonds. The number of aliphatic hydroxyl groups is 1. The quantitative estimate of drug-likeness (QED) is 0.784. The minimum Gasteiger partial charge on any atom is -0.454 e. The van der Waals surface area contributed by atoms with Crippen LogP contribution in [-0.4, -0.2) is 55.8 Å². The summed E-state index contributed by atoms with van der Waals surface area (Å²) in [4.78, 5) is 2.31. The highest BCUT2D eigenvalue weighted by Crippen LogP contribution is 2.54. The van der Waals surface area contributed by atoms with Gasteiger partial charge in [-0.15, -0.1) is 0 Å². The first-order valence-corrected chi connectivity index (χ1v) is 8.33. The maximum Gasteiger partial charge on any atom is 0.231 e. The van der Waals surface area contributed by atoms with E-state index in [1.807, 2.05) is 12.1 Å². The van der Waals surface area contributed by atoms with Gasteiger partial charge in [-0.05, 0) is 31.2 Å². The van der Waals surface area contributed by atoms with Crippen molar-refractivity contribution in [2.24, 2.45) is 0 Å². The third-order valence-corrected chi connectivity index (χ3v) is 5.99. The van der Waals surface area contributed by atoms with E-state index in [0.29, 0.717) is 5.75 Å². The summed E-state index contributed by atoms with van der Waals surface area (Å²) in [6.07, 6.45) is 4.31. The molecule has 1 N–H and O–H groups in total. The molecular formula is C18H21NO5. The molecule has 0 bridgehead atoms. The molecule has 1 saturated heterocycles. The van der Waals surface area contributed by atoms with Crippen LogP contribution in [-0.2, 0) is 14.9 Å². The molecule has 6 nitrogen and oxygen atoms in total. The van der Waals surface area contributed by atoms with Crippen LogP contribution in [0.2, 0.25) is 0 Å². The molecule has 5 atom stereocenters. The molecule has 0 radical (unpaired) electrons. The van der Waals surface area contributed by atoms with E-state index in [1.165, 1.54) is 0 Å². The average molecular weight is 331 g/mol. The van der Waals surface area contributed by atoms with Crippen molar-refractivity contribution in [1.29, 1.82) is 0 Å². The number of nitrogens with zero attached hydrogens (tertiary/aromatic N) is 1. The topological polar surface area (TPSA) is 60.4 Å². The van der Waals surface area contributed by atoms with E-state index in [0.717, 1.165) is 29.8 Å². The standard InChI is InChI=1S/C18H21NO5/c1-19-8-16-18(4-3-10(21-2)5-15(18)19)12-7-14-13(22-9-23-14)6-11(12)17(20)24-16/h3-4,6-7,10,15-17,20H,5,8-9H2,1-2H3/t10-,15+,16-,17-,18+/m1/s1. The number of methoxy groups -OCH3 is 1. The number of hydrogen-bond donors (Lipinski definition) is 1. The second-order valence-corrected chi connectivity index (χ2v) is 7.03. The summed E-state index contributed by atoms with van der Waals surface area (Å²) in [5.41, 5.74) is 1.56. The molecule has 0 saturated carbocycles. The lowest BCUT2D eigenvalue weighted by atomic mass is 9.65. The summed E-state index contributed by atoms with van der Waals surface area (Å²) >= 11 is 0. The molecule has 1 aromatic rings. The van der Waals surface area contributed by atoms with Crippen LogP contribution in [0.1, 0.15) is 23.8 Å². The predicted molar refractivity (Wildman–Crippen MR) is 85.0 cm³/mol. The lowest BCUT2D eigenvalue weighted by molar-refractivity contribution is -0.160. The number of hydrogen-bond acceptors (Lipinski definition) is 6. The number of likely N-dealkylation sites (N-methyl/N-ethyl adjacent to an activating group) is 1.